The molecule has 1 N–H and O–H groups in total. The number of benzene rings is 1. The minimum absolute atomic E-state index is 0.122. The predicted molar refractivity (Wildman–Crippen MR) is 100 cm³/mol. The van der Waals surface area contributed by atoms with Crippen molar-refractivity contribution in [2.75, 3.05) is 20.6 Å². The molecule has 0 aliphatic carbocycles. The predicted octanol–water partition coefficient (Wildman–Crippen LogP) is 1.22. The third-order valence-electron chi connectivity index (χ3n) is 4.23. The van der Waals surface area contributed by atoms with Crippen molar-refractivity contribution in [3.8, 4) is 0 Å². The van der Waals surface area contributed by atoms with E-state index >= 15 is 0 Å². The fourth-order valence-electron chi connectivity index (χ4n) is 2.98. The molecule has 2 aromatic heterocycles. The molecule has 3 aromatic rings. The topological polar surface area (TPSA) is 71.6 Å². The summed E-state index contributed by atoms with van der Waals surface area (Å²) in [5.41, 5.74) is 2.24. The Hall–Kier alpha value is -2.93. The third kappa shape index (κ3) is 3.83. The lowest BCUT2D eigenvalue weighted by Gasteiger charge is -2.23. The summed E-state index contributed by atoms with van der Waals surface area (Å²) in [4.78, 5) is 27.1. The molecule has 0 saturated carbocycles. The molecule has 26 heavy (non-hydrogen) atoms. The zero-order chi connectivity index (χ0) is 18.7. The van der Waals surface area contributed by atoms with Crippen LogP contribution in [0.25, 0.3) is 5.52 Å². The van der Waals surface area contributed by atoms with Crippen molar-refractivity contribution >= 4 is 11.4 Å². The first-order chi connectivity index (χ1) is 12.5. The van der Waals surface area contributed by atoms with Gasteiger partial charge < -0.3 is 10.2 Å². The molecule has 0 spiro atoms. The van der Waals surface area contributed by atoms with Crippen molar-refractivity contribution in [1.29, 1.82) is 0 Å². The molecule has 0 fully saturated rings. The Morgan fingerprint density at radius 3 is 2.62 bits per heavy atom. The van der Waals surface area contributed by atoms with Crippen molar-refractivity contribution < 1.29 is 4.79 Å². The summed E-state index contributed by atoms with van der Waals surface area (Å²) in [7, 11) is 3.91. The van der Waals surface area contributed by atoms with Crippen LogP contribution in [0.3, 0.4) is 0 Å². The van der Waals surface area contributed by atoms with E-state index in [1.165, 1.54) is 4.68 Å². The maximum atomic E-state index is 12.6. The van der Waals surface area contributed by atoms with Crippen LogP contribution in [0.5, 0.6) is 0 Å². The number of aromatic nitrogens is 3. The molecule has 7 heteroatoms. The van der Waals surface area contributed by atoms with E-state index in [9.17, 15) is 9.59 Å². The van der Waals surface area contributed by atoms with Crippen LogP contribution in [0.1, 0.15) is 17.3 Å². The molecular weight excluding hydrogens is 330 g/mol. The molecule has 0 radical (unpaired) electrons. The van der Waals surface area contributed by atoms with Gasteiger partial charge in [-0.1, -0.05) is 30.3 Å². The second-order valence-electron chi connectivity index (χ2n) is 6.61. The van der Waals surface area contributed by atoms with Gasteiger partial charge in [-0.2, -0.15) is 5.10 Å². The number of carbonyl (C=O) groups is 1. The van der Waals surface area contributed by atoms with E-state index in [1.54, 1.807) is 10.6 Å². The van der Waals surface area contributed by atoms with E-state index in [0.29, 0.717) is 6.54 Å². The molecule has 0 aliphatic heterocycles. The van der Waals surface area contributed by atoms with Crippen molar-refractivity contribution in [3.63, 3.8) is 0 Å². The second-order valence-corrected chi connectivity index (χ2v) is 6.61. The van der Waals surface area contributed by atoms with E-state index in [4.69, 9.17) is 0 Å². The van der Waals surface area contributed by atoms with Crippen LogP contribution in [-0.4, -0.2) is 45.6 Å². The van der Waals surface area contributed by atoms with Gasteiger partial charge in [0.1, 0.15) is 6.54 Å². The van der Waals surface area contributed by atoms with E-state index < -0.39 is 0 Å². The molecule has 1 atom stereocenters. The molecule has 0 aliphatic rings. The summed E-state index contributed by atoms with van der Waals surface area (Å²) >= 11 is 0. The fourth-order valence-corrected chi connectivity index (χ4v) is 2.98. The van der Waals surface area contributed by atoms with Gasteiger partial charge in [0.2, 0.25) is 5.91 Å². The van der Waals surface area contributed by atoms with E-state index in [0.717, 1.165) is 16.8 Å². The average molecular weight is 353 g/mol. The Balaban J connectivity index is 1.79. The van der Waals surface area contributed by atoms with Crippen LogP contribution < -0.4 is 11.0 Å². The number of likely N-dealkylation sites (N-methyl/N-ethyl adjacent to an activating group) is 1. The fraction of sp³-hybridized carbons (Fsp3) is 0.316. The van der Waals surface area contributed by atoms with Gasteiger partial charge in [0.05, 0.1) is 17.8 Å². The summed E-state index contributed by atoms with van der Waals surface area (Å²) in [6.45, 7) is 2.39. The van der Waals surface area contributed by atoms with Gasteiger partial charge in [0, 0.05) is 12.2 Å². The number of amides is 1. The van der Waals surface area contributed by atoms with Gasteiger partial charge in [-0.25, -0.2) is 9.48 Å². The Kier molecular flexibility index (Phi) is 5.18. The quantitative estimate of drug-likeness (QED) is 0.723. The number of fused-ring (bicyclic) bond motifs is 1. The number of aryl methyl sites for hydroxylation is 1. The summed E-state index contributed by atoms with van der Waals surface area (Å²) in [5.74, 6) is -0.250. The largest absolute Gasteiger partial charge is 0.349 e. The number of carbonyl (C=O) groups excluding carboxylic acids is 1. The molecule has 1 unspecified atom stereocenters. The standard InChI is InChI=1S/C19H23N5O2/c1-14-9-10-16-11-20-23(19(26)24(14)16)13-18(25)21-17(12-22(2)3)15-7-5-4-6-8-15/h4-11,17H,12-13H2,1-3H3,(H,21,25). The zero-order valence-corrected chi connectivity index (χ0v) is 15.2. The number of nitrogens with one attached hydrogen (secondary N) is 1. The Morgan fingerprint density at radius 1 is 1.19 bits per heavy atom. The molecule has 7 nitrogen and oxygen atoms in total. The van der Waals surface area contributed by atoms with Crippen LogP contribution in [0.15, 0.2) is 53.5 Å². The molecule has 3 rings (SSSR count). The molecular formula is C19H23N5O2. The normalized spacial score (nSPS) is 12.5. The highest BCUT2D eigenvalue weighted by atomic mass is 16.2. The number of rotatable bonds is 6. The zero-order valence-electron chi connectivity index (χ0n) is 15.2. The van der Waals surface area contributed by atoms with E-state index in [1.807, 2.05) is 68.4 Å². The number of hydrogen-bond donors (Lipinski definition) is 1. The van der Waals surface area contributed by atoms with E-state index in [-0.39, 0.29) is 24.2 Å². The molecule has 0 bridgehead atoms. The Labute approximate surface area is 151 Å². The van der Waals surface area contributed by atoms with Crippen molar-refractivity contribution in [3.05, 3.63) is 70.4 Å². The molecule has 1 aromatic carbocycles. The third-order valence-corrected chi connectivity index (χ3v) is 4.23. The Morgan fingerprint density at radius 2 is 1.92 bits per heavy atom. The maximum Gasteiger partial charge on any atom is 0.349 e. The lowest BCUT2D eigenvalue weighted by atomic mass is 10.1. The average Bonchev–Trinajstić information content (AvgIpc) is 2.99. The molecule has 0 saturated heterocycles. The van der Waals surface area contributed by atoms with Crippen LogP contribution in [-0.2, 0) is 11.3 Å². The number of nitrogens with zero attached hydrogens (tertiary/aromatic N) is 4. The SMILES string of the molecule is Cc1ccc2cnn(CC(=O)NC(CN(C)C)c3ccccc3)c(=O)n12. The first-order valence-corrected chi connectivity index (χ1v) is 8.49. The monoisotopic (exact) mass is 353 g/mol. The first kappa shape index (κ1) is 17.9. The summed E-state index contributed by atoms with van der Waals surface area (Å²) in [5, 5.41) is 7.12. The summed E-state index contributed by atoms with van der Waals surface area (Å²) in [6.07, 6.45) is 1.59. The van der Waals surface area contributed by atoms with Gasteiger partial charge in [0.25, 0.3) is 0 Å². The Bertz CT molecular complexity index is 959. The number of hydrogen-bond acceptors (Lipinski definition) is 4. The lowest BCUT2D eigenvalue weighted by molar-refractivity contribution is -0.122. The first-order valence-electron chi connectivity index (χ1n) is 8.49. The van der Waals surface area contributed by atoms with Gasteiger partial charge in [0.15, 0.2) is 0 Å². The van der Waals surface area contributed by atoms with Crippen LogP contribution in [0.2, 0.25) is 0 Å². The van der Waals surface area contributed by atoms with Crippen molar-refractivity contribution in [2.45, 2.75) is 19.5 Å². The second kappa shape index (κ2) is 7.53. The highest BCUT2D eigenvalue weighted by Gasteiger charge is 2.17. The van der Waals surface area contributed by atoms with Crippen LogP contribution >= 0.6 is 0 Å². The van der Waals surface area contributed by atoms with Gasteiger partial charge in [-0.05, 0) is 38.7 Å². The summed E-state index contributed by atoms with van der Waals surface area (Å²) < 4.78 is 2.74. The molecule has 2 heterocycles. The van der Waals surface area contributed by atoms with Gasteiger partial charge in [-0.3, -0.25) is 9.20 Å². The van der Waals surface area contributed by atoms with Crippen LogP contribution in [0, 0.1) is 6.92 Å². The van der Waals surface area contributed by atoms with Crippen molar-refractivity contribution in [1.82, 2.24) is 24.4 Å². The van der Waals surface area contributed by atoms with E-state index in [2.05, 4.69) is 10.4 Å². The van der Waals surface area contributed by atoms with Crippen LogP contribution in [0.4, 0.5) is 0 Å². The molecule has 1 amide bonds. The van der Waals surface area contributed by atoms with Gasteiger partial charge in [-0.15, -0.1) is 0 Å². The lowest BCUT2D eigenvalue weighted by Crippen LogP contribution is -2.40. The summed E-state index contributed by atoms with van der Waals surface area (Å²) in [6, 6.07) is 13.3. The highest BCUT2D eigenvalue weighted by Crippen LogP contribution is 2.13. The van der Waals surface area contributed by atoms with Gasteiger partial charge >= 0.3 is 5.69 Å². The smallest absolute Gasteiger partial charge is 0.346 e. The highest BCUT2D eigenvalue weighted by molar-refractivity contribution is 5.76. The van der Waals surface area contributed by atoms with Crippen molar-refractivity contribution in [2.24, 2.45) is 0 Å². The maximum absolute atomic E-state index is 12.6. The molecule has 136 valence electrons. The minimum Gasteiger partial charge on any atom is -0.346 e. The minimum atomic E-state index is -0.316.